The van der Waals surface area contributed by atoms with Gasteiger partial charge >= 0.3 is 5.82 Å². The van der Waals surface area contributed by atoms with Crippen LogP contribution in [0.3, 0.4) is 0 Å². The summed E-state index contributed by atoms with van der Waals surface area (Å²) >= 11 is 1.23. The Morgan fingerprint density at radius 1 is 1.64 bits per heavy atom. The van der Waals surface area contributed by atoms with Gasteiger partial charge in [0.25, 0.3) is 0 Å². The highest BCUT2D eigenvalue weighted by atomic mass is 32.1. The van der Waals surface area contributed by atoms with Crippen LogP contribution in [0.25, 0.3) is 11.3 Å². The minimum absolute atomic E-state index is 0.171. The van der Waals surface area contributed by atoms with Crippen molar-refractivity contribution in [2.45, 2.75) is 0 Å². The Hall–Kier alpha value is -1.96. The van der Waals surface area contributed by atoms with Gasteiger partial charge in [0.05, 0.1) is 11.9 Å². The molecule has 0 unspecified atom stereocenters. The number of thiazole rings is 1. The number of rotatable bonds is 2. The van der Waals surface area contributed by atoms with Crippen molar-refractivity contribution in [2.24, 2.45) is 0 Å². The molecule has 2 rings (SSSR count). The van der Waals surface area contributed by atoms with Crippen molar-refractivity contribution in [1.29, 1.82) is 0 Å². The molecule has 14 heavy (non-hydrogen) atoms. The number of anilines is 1. The molecule has 0 aliphatic heterocycles. The molecule has 2 aromatic rings. The summed E-state index contributed by atoms with van der Waals surface area (Å²) in [6, 6.07) is 0. The number of hydrogen-bond donors (Lipinski definition) is 2. The molecular formula is C6H5N5O2S. The lowest BCUT2D eigenvalue weighted by Gasteiger charge is -1.92. The van der Waals surface area contributed by atoms with Crippen LogP contribution >= 0.6 is 11.3 Å². The molecule has 2 heterocycles. The van der Waals surface area contributed by atoms with Gasteiger partial charge in [-0.2, -0.15) is 0 Å². The molecular weight excluding hydrogens is 206 g/mol. The Kier molecular flexibility index (Phi) is 1.89. The molecule has 0 aliphatic rings. The Labute approximate surface area is 81.7 Å². The molecule has 2 aromatic heterocycles. The number of nitrogens with one attached hydrogen (secondary N) is 1. The van der Waals surface area contributed by atoms with E-state index in [9.17, 15) is 10.1 Å². The number of aromatic amines is 1. The normalized spacial score (nSPS) is 10.3. The Morgan fingerprint density at radius 2 is 2.43 bits per heavy atom. The fourth-order valence-electron chi connectivity index (χ4n) is 1.02. The number of H-pyrrole nitrogens is 1. The highest BCUT2D eigenvalue weighted by Crippen LogP contribution is 2.28. The summed E-state index contributed by atoms with van der Waals surface area (Å²) in [6.45, 7) is 0. The van der Waals surface area contributed by atoms with Crippen molar-refractivity contribution in [2.75, 3.05) is 5.73 Å². The van der Waals surface area contributed by atoms with Crippen molar-refractivity contribution in [1.82, 2.24) is 15.2 Å². The van der Waals surface area contributed by atoms with Gasteiger partial charge < -0.3 is 15.8 Å². The lowest BCUT2D eigenvalue weighted by molar-refractivity contribution is -0.388. The highest BCUT2D eigenvalue weighted by molar-refractivity contribution is 7.13. The van der Waals surface area contributed by atoms with Gasteiger partial charge in [-0.1, -0.05) is 5.10 Å². The molecule has 7 nitrogen and oxygen atoms in total. The van der Waals surface area contributed by atoms with E-state index in [2.05, 4.69) is 15.2 Å². The van der Waals surface area contributed by atoms with E-state index in [1.165, 1.54) is 17.5 Å². The van der Waals surface area contributed by atoms with Crippen molar-refractivity contribution in [3.05, 3.63) is 21.7 Å². The van der Waals surface area contributed by atoms with Crippen LogP contribution in [0.15, 0.2) is 11.6 Å². The minimum atomic E-state index is -0.544. The number of nitrogens with zero attached hydrogens (tertiary/aromatic N) is 3. The van der Waals surface area contributed by atoms with Gasteiger partial charge in [-0.3, -0.25) is 0 Å². The van der Waals surface area contributed by atoms with Crippen LogP contribution in [0.2, 0.25) is 0 Å². The third kappa shape index (κ3) is 1.31. The van der Waals surface area contributed by atoms with E-state index in [0.717, 1.165) is 0 Å². The van der Waals surface area contributed by atoms with E-state index in [1.807, 2.05) is 0 Å². The van der Waals surface area contributed by atoms with Crippen molar-refractivity contribution < 1.29 is 4.92 Å². The minimum Gasteiger partial charge on any atom is -0.375 e. The van der Waals surface area contributed by atoms with Crippen LogP contribution in [0, 0.1) is 10.1 Å². The molecule has 0 amide bonds. The van der Waals surface area contributed by atoms with Gasteiger partial charge in [0.2, 0.25) is 0 Å². The molecule has 0 fully saturated rings. The number of nitrogen functional groups attached to an aromatic ring is 1. The summed E-state index contributed by atoms with van der Waals surface area (Å²) < 4.78 is 0. The predicted octanol–water partition coefficient (Wildman–Crippen LogP) is 1.02. The second-order valence-corrected chi connectivity index (χ2v) is 3.35. The van der Waals surface area contributed by atoms with Gasteiger partial charge in [0.1, 0.15) is 5.56 Å². The molecule has 0 aliphatic carbocycles. The zero-order valence-electron chi connectivity index (χ0n) is 6.80. The predicted molar refractivity (Wildman–Crippen MR) is 50.8 cm³/mol. The summed E-state index contributed by atoms with van der Waals surface area (Å²) in [5.41, 5.74) is 6.23. The van der Waals surface area contributed by atoms with E-state index >= 15 is 0 Å². The Morgan fingerprint density at radius 3 is 3.00 bits per heavy atom. The lowest BCUT2D eigenvalue weighted by atomic mass is 10.2. The molecule has 0 spiro atoms. The van der Waals surface area contributed by atoms with Gasteiger partial charge in [-0.15, -0.1) is 16.4 Å². The van der Waals surface area contributed by atoms with Crippen LogP contribution in [-0.2, 0) is 0 Å². The molecule has 0 radical (unpaired) electrons. The van der Waals surface area contributed by atoms with Crippen molar-refractivity contribution in [3.8, 4) is 11.3 Å². The van der Waals surface area contributed by atoms with Gasteiger partial charge in [-0.25, -0.2) is 4.98 Å². The quantitative estimate of drug-likeness (QED) is 0.569. The number of nitro groups is 1. The highest BCUT2D eigenvalue weighted by Gasteiger charge is 2.18. The summed E-state index contributed by atoms with van der Waals surface area (Å²) in [5.74, 6) is -0.171. The van der Waals surface area contributed by atoms with E-state index in [0.29, 0.717) is 16.4 Å². The second-order valence-electron chi connectivity index (χ2n) is 2.46. The molecule has 8 heteroatoms. The van der Waals surface area contributed by atoms with Gasteiger partial charge in [0.15, 0.2) is 5.13 Å². The molecule has 0 saturated heterocycles. The monoisotopic (exact) mass is 211 g/mol. The van der Waals surface area contributed by atoms with Gasteiger partial charge in [-0.05, 0) is 4.92 Å². The van der Waals surface area contributed by atoms with Crippen LogP contribution in [-0.4, -0.2) is 20.1 Å². The number of aromatic nitrogens is 3. The lowest BCUT2D eigenvalue weighted by Crippen LogP contribution is -1.91. The number of hydrogen-bond acceptors (Lipinski definition) is 6. The first-order valence-corrected chi connectivity index (χ1v) is 4.45. The molecule has 0 saturated carbocycles. The average molecular weight is 211 g/mol. The smallest absolute Gasteiger partial charge is 0.352 e. The first-order chi connectivity index (χ1) is 6.68. The largest absolute Gasteiger partial charge is 0.375 e. The summed E-state index contributed by atoms with van der Waals surface area (Å²) in [6.07, 6.45) is 1.35. The second kappa shape index (κ2) is 3.07. The SMILES string of the molecule is Nc1nc(-c2cn[nH]c2[N+](=O)[O-])cs1. The zero-order chi connectivity index (χ0) is 10.1. The van der Waals surface area contributed by atoms with Crippen LogP contribution in [0.4, 0.5) is 10.9 Å². The first-order valence-electron chi connectivity index (χ1n) is 3.57. The molecule has 3 N–H and O–H groups in total. The molecule has 0 aromatic carbocycles. The topological polar surface area (TPSA) is 111 Å². The maximum absolute atomic E-state index is 10.5. The fraction of sp³-hybridized carbons (Fsp3) is 0. The van der Waals surface area contributed by atoms with E-state index in [4.69, 9.17) is 5.73 Å². The summed E-state index contributed by atoms with van der Waals surface area (Å²) in [5, 5.41) is 18.4. The first kappa shape index (κ1) is 8.63. The van der Waals surface area contributed by atoms with Crippen LogP contribution < -0.4 is 5.73 Å². The summed E-state index contributed by atoms with van der Waals surface area (Å²) in [7, 11) is 0. The number of nitrogens with two attached hydrogens (primary N) is 1. The Bertz CT molecular complexity index is 476. The molecule has 0 atom stereocenters. The third-order valence-electron chi connectivity index (χ3n) is 1.60. The van der Waals surface area contributed by atoms with E-state index < -0.39 is 4.92 Å². The zero-order valence-corrected chi connectivity index (χ0v) is 7.61. The van der Waals surface area contributed by atoms with Crippen LogP contribution in [0.5, 0.6) is 0 Å². The van der Waals surface area contributed by atoms with Crippen molar-refractivity contribution >= 4 is 22.3 Å². The van der Waals surface area contributed by atoms with E-state index in [-0.39, 0.29) is 5.82 Å². The van der Waals surface area contributed by atoms with Crippen molar-refractivity contribution in [3.63, 3.8) is 0 Å². The van der Waals surface area contributed by atoms with E-state index in [1.54, 1.807) is 5.38 Å². The fourth-order valence-corrected chi connectivity index (χ4v) is 1.58. The summed E-state index contributed by atoms with van der Waals surface area (Å²) in [4.78, 5) is 13.9. The Balaban J connectivity index is 2.51. The standard InChI is InChI=1S/C6H5N5O2S/c7-6-9-4(2-14-6)3-1-8-10-5(3)11(12)13/h1-2H,(H2,7,9)(H,8,10). The van der Waals surface area contributed by atoms with Gasteiger partial charge in [0, 0.05) is 5.38 Å². The molecule has 0 bridgehead atoms. The van der Waals surface area contributed by atoms with Crippen LogP contribution in [0.1, 0.15) is 0 Å². The molecule has 72 valence electrons. The third-order valence-corrected chi connectivity index (χ3v) is 2.27. The average Bonchev–Trinajstić information content (AvgIpc) is 2.70. The maximum atomic E-state index is 10.5. The maximum Gasteiger partial charge on any atom is 0.352 e.